The lowest BCUT2D eigenvalue weighted by Gasteiger charge is -2.14. The maximum Gasteiger partial charge on any atom is 0.421 e. The largest absolute Gasteiger partial charge is 0.449 e. The van der Waals surface area contributed by atoms with E-state index in [0.29, 0.717) is 11.5 Å². The zero-order chi connectivity index (χ0) is 22.9. The molecule has 1 aliphatic heterocycles. The van der Waals surface area contributed by atoms with E-state index < -0.39 is 16.1 Å². The van der Waals surface area contributed by atoms with E-state index in [1.807, 2.05) is 47.4 Å². The molecule has 0 spiro atoms. The molecule has 0 unspecified atom stereocenters. The number of hydrogen-bond acceptors (Lipinski definition) is 6. The molecule has 2 aromatic heterocycles. The molecule has 9 heteroatoms. The summed E-state index contributed by atoms with van der Waals surface area (Å²) in [5.41, 5.74) is 2.56. The summed E-state index contributed by atoms with van der Waals surface area (Å²) in [4.78, 5) is 17.2. The highest BCUT2D eigenvalue weighted by Crippen LogP contribution is 2.38. The average Bonchev–Trinajstić information content (AvgIpc) is 3.43. The smallest absolute Gasteiger partial charge is 0.421 e. The molecule has 0 saturated heterocycles. The number of amides is 1. The van der Waals surface area contributed by atoms with Crippen LogP contribution >= 0.6 is 11.3 Å². The molecule has 1 aromatic carbocycles. The number of nitrogens with one attached hydrogen (secondary N) is 1. The molecule has 170 valence electrons. The minimum Gasteiger partial charge on any atom is -0.449 e. The van der Waals surface area contributed by atoms with E-state index in [9.17, 15) is 13.2 Å². The summed E-state index contributed by atoms with van der Waals surface area (Å²) in [6, 6.07) is 10.2. The first-order valence-electron chi connectivity index (χ1n) is 10.7. The van der Waals surface area contributed by atoms with Crippen LogP contribution in [0.5, 0.6) is 0 Å². The van der Waals surface area contributed by atoms with Crippen LogP contribution in [0.25, 0.3) is 11.1 Å². The lowest BCUT2D eigenvalue weighted by Crippen LogP contribution is -2.30. The van der Waals surface area contributed by atoms with E-state index >= 15 is 0 Å². The minimum absolute atomic E-state index is 0.0957. The monoisotopic (exact) mass is 473 g/mol. The fourth-order valence-electron chi connectivity index (χ4n) is 4.08. The molecule has 0 bridgehead atoms. The molecule has 1 aliphatic rings. The highest BCUT2D eigenvalue weighted by atomic mass is 32.2. The highest BCUT2D eigenvalue weighted by Gasteiger charge is 2.27. The number of imidazole rings is 1. The molecule has 3 aromatic rings. The van der Waals surface area contributed by atoms with Gasteiger partial charge >= 0.3 is 6.09 Å². The Morgan fingerprint density at radius 2 is 2.06 bits per heavy atom. The Morgan fingerprint density at radius 3 is 2.75 bits per heavy atom. The number of thiophene rings is 1. The first kappa shape index (κ1) is 22.5. The van der Waals surface area contributed by atoms with Gasteiger partial charge in [0.05, 0.1) is 12.6 Å². The van der Waals surface area contributed by atoms with Gasteiger partial charge in [0.15, 0.2) is 0 Å². The summed E-state index contributed by atoms with van der Waals surface area (Å²) < 4.78 is 35.1. The summed E-state index contributed by atoms with van der Waals surface area (Å²) in [6.07, 6.45) is 5.57. The maximum atomic E-state index is 13.0. The Balaban J connectivity index is 1.68. The second-order valence-corrected chi connectivity index (χ2v) is 11.3. The first-order chi connectivity index (χ1) is 15.3. The molecule has 3 heterocycles. The third-order valence-electron chi connectivity index (χ3n) is 5.43. The molecule has 7 nitrogen and oxygen atoms in total. The second kappa shape index (κ2) is 9.07. The summed E-state index contributed by atoms with van der Waals surface area (Å²) >= 11 is 1.20. The summed E-state index contributed by atoms with van der Waals surface area (Å²) in [5, 5.41) is 0. The second-order valence-electron chi connectivity index (χ2n) is 8.27. The standard InChI is InChI=1S/C23H27N3O4S2/c1-4-30-23(27)25-32(28,29)22-19(14-18(31-22)13-15(2)3)16-5-7-17(8-6-16)20-9-10-21-24-11-12-26(20)21/h5-8,11-12,14-15,20H,4,9-10,13H2,1-3H3,(H,25,27)/t20-/m1/s1. The number of fused-ring (bicyclic) bond motifs is 1. The maximum absolute atomic E-state index is 13.0. The van der Waals surface area contributed by atoms with Crippen LogP contribution in [0.1, 0.15) is 49.5 Å². The van der Waals surface area contributed by atoms with Crippen molar-refractivity contribution in [1.29, 1.82) is 0 Å². The van der Waals surface area contributed by atoms with Crippen molar-refractivity contribution in [3.63, 3.8) is 0 Å². The Morgan fingerprint density at radius 1 is 1.31 bits per heavy atom. The summed E-state index contributed by atoms with van der Waals surface area (Å²) in [5.74, 6) is 1.47. The summed E-state index contributed by atoms with van der Waals surface area (Å²) in [7, 11) is -4.05. The predicted octanol–water partition coefficient (Wildman–Crippen LogP) is 4.78. The molecule has 4 rings (SSSR count). The molecular formula is C23H27N3O4S2. The van der Waals surface area contributed by atoms with E-state index in [-0.39, 0.29) is 16.9 Å². The molecular weight excluding hydrogens is 446 g/mol. The van der Waals surface area contributed by atoms with E-state index in [1.165, 1.54) is 11.3 Å². The van der Waals surface area contributed by atoms with Crippen LogP contribution in [-0.4, -0.2) is 30.7 Å². The fraction of sp³-hybridized carbons (Fsp3) is 0.391. The fourth-order valence-corrected chi connectivity index (χ4v) is 6.92. The van der Waals surface area contributed by atoms with E-state index in [0.717, 1.165) is 41.1 Å². The molecule has 1 atom stereocenters. The number of ether oxygens (including phenoxy) is 1. The molecule has 0 aliphatic carbocycles. The SMILES string of the molecule is CCOC(=O)NS(=O)(=O)c1sc(CC(C)C)cc1-c1ccc([C@H]2CCc3nccn32)cc1. The van der Waals surface area contributed by atoms with Crippen molar-refractivity contribution in [2.45, 2.75) is 50.3 Å². The molecule has 0 radical (unpaired) electrons. The van der Waals surface area contributed by atoms with Gasteiger partial charge in [-0.2, -0.15) is 0 Å². The van der Waals surface area contributed by atoms with Crippen molar-refractivity contribution in [1.82, 2.24) is 14.3 Å². The van der Waals surface area contributed by atoms with Crippen molar-refractivity contribution in [2.75, 3.05) is 6.61 Å². The van der Waals surface area contributed by atoms with Crippen molar-refractivity contribution in [3.05, 3.63) is 59.0 Å². The van der Waals surface area contributed by atoms with Crippen molar-refractivity contribution in [2.24, 2.45) is 5.92 Å². The van der Waals surface area contributed by atoms with E-state index in [2.05, 4.69) is 23.4 Å². The van der Waals surface area contributed by atoms with Gasteiger partial charge in [-0.1, -0.05) is 38.1 Å². The van der Waals surface area contributed by atoms with Crippen LogP contribution in [0.4, 0.5) is 4.79 Å². The van der Waals surface area contributed by atoms with Gasteiger partial charge in [-0.15, -0.1) is 11.3 Å². The lowest BCUT2D eigenvalue weighted by atomic mass is 10.0. The highest BCUT2D eigenvalue weighted by molar-refractivity contribution is 7.92. The predicted molar refractivity (Wildman–Crippen MR) is 124 cm³/mol. The third-order valence-corrected chi connectivity index (χ3v) is 8.43. The van der Waals surface area contributed by atoms with Crippen molar-refractivity contribution >= 4 is 27.5 Å². The van der Waals surface area contributed by atoms with Crippen LogP contribution in [0.3, 0.4) is 0 Å². The normalized spacial score (nSPS) is 15.7. The van der Waals surface area contributed by atoms with Gasteiger partial charge in [-0.25, -0.2) is 22.9 Å². The number of aryl methyl sites for hydroxylation is 1. The Hall–Kier alpha value is -2.65. The molecule has 0 fully saturated rings. The van der Waals surface area contributed by atoms with Crippen LogP contribution < -0.4 is 4.72 Å². The number of rotatable bonds is 7. The van der Waals surface area contributed by atoms with Crippen molar-refractivity contribution in [3.8, 4) is 11.1 Å². The van der Waals surface area contributed by atoms with Crippen LogP contribution in [-0.2, 0) is 27.6 Å². The molecule has 0 saturated carbocycles. The number of carbonyl (C=O) groups is 1. The number of carbonyl (C=O) groups excluding carboxylic acids is 1. The minimum atomic E-state index is -4.05. The number of benzene rings is 1. The third kappa shape index (κ3) is 4.59. The molecule has 32 heavy (non-hydrogen) atoms. The van der Waals surface area contributed by atoms with Crippen LogP contribution in [0.2, 0.25) is 0 Å². The van der Waals surface area contributed by atoms with Crippen LogP contribution in [0, 0.1) is 5.92 Å². The average molecular weight is 474 g/mol. The van der Waals surface area contributed by atoms with Gasteiger partial charge < -0.3 is 9.30 Å². The number of hydrogen-bond donors (Lipinski definition) is 1. The number of sulfonamides is 1. The van der Waals surface area contributed by atoms with E-state index in [1.54, 1.807) is 6.92 Å². The number of nitrogens with zero attached hydrogens (tertiary/aromatic N) is 2. The van der Waals surface area contributed by atoms with Gasteiger partial charge in [0.1, 0.15) is 10.0 Å². The van der Waals surface area contributed by atoms with Crippen LogP contribution in [0.15, 0.2) is 46.9 Å². The Kier molecular flexibility index (Phi) is 6.39. The van der Waals surface area contributed by atoms with Gasteiger partial charge in [0, 0.05) is 29.3 Å². The van der Waals surface area contributed by atoms with Gasteiger partial charge in [-0.05, 0) is 42.9 Å². The first-order valence-corrected chi connectivity index (χ1v) is 13.0. The summed E-state index contributed by atoms with van der Waals surface area (Å²) in [6.45, 7) is 5.90. The van der Waals surface area contributed by atoms with Gasteiger partial charge in [0.25, 0.3) is 10.0 Å². The van der Waals surface area contributed by atoms with Gasteiger partial charge in [-0.3, -0.25) is 0 Å². The van der Waals surface area contributed by atoms with E-state index in [4.69, 9.17) is 4.74 Å². The van der Waals surface area contributed by atoms with Gasteiger partial charge in [0.2, 0.25) is 0 Å². The topological polar surface area (TPSA) is 90.3 Å². The molecule has 1 amide bonds. The zero-order valence-corrected chi connectivity index (χ0v) is 20.0. The molecule has 1 N–H and O–H groups in total. The Bertz CT molecular complexity index is 1210. The quantitative estimate of drug-likeness (QED) is 0.533. The number of aromatic nitrogens is 2. The van der Waals surface area contributed by atoms with Crippen molar-refractivity contribution < 1.29 is 17.9 Å². The lowest BCUT2D eigenvalue weighted by molar-refractivity contribution is 0.158. The Labute approximate surface area is 192 Å². The zero-order valence-electron chi connectivity index (χ0n) is 18.4.